The third-order valence-electron chi connectivity index (χ3n) is 6.44. The van der Waals surface area contributed by atoms with E-state index in [4.69, 9.17) is 9.47 Å². The van der Waals surface area contributed by atoms with Gasteiger partial charge in [-0.05, 0) is 54.4 Å². The summed E-state index contributed by atoms with van der Waals surface area (Å²) in [4.78, 5) is 29.0. The summed E-state index contributed by atoms with van der Waals surface area (Å²) in [5.41, 5.74) is 3.22. The monoisotopic (exact) mass is 488 g/mol. The molecule has 0 radical (unpaired) electrons. The summed E-state index contributed by atoms with van der Waals surface area (Å²) < 4.78 is 12.1. The quantitative estimate of drug-likeness (QED) is 0.404. The van der Waals surface area contributed by atoms with Gasteiger partial charge in [0.1, 0.15) is 18.0 Å². The first kappa shape index (κ1) is 23.8. The van der Waals surface area contributed by atoms with Crippen LogP contribution < -0.4 is 20.7 Å². The van der Waals surface area contributed by atoms with Crippen molar-refractivity contribution < 1.29 is 24.2 Å². The summed E-state index contributed by atoms with van der Waals surface area (Å²) in [6.45, 7) is 0.199. The molecule has 3 aromatic rings. The Kier molecular flexibility index (Phi) is 7.11. The molecule has 186 valence electrons. The van der Waals surface area contributed by atoms with Crippen LogP contribution in [0.2, 0.25) is 0 Å². The van der Waals surface area contributed by atoms with Crippen LogP contribution in [0.25, 0.3) is 0 Å². The van der Waals surface area contributed by atoms with E-state index in [1.54, 1.807) is 18.5 Å². The van der Waals surface area contributed by atoms with Gasteiger partial charge in [-0.1, -0.05) is 18.2 Å². The van der Waals surface area contributed by atoms with Gasteiger partial charge >= 0.3 is 6.03 Å². The van der Waals surface area contributed by atoms with E-state index in [1.165, 1.54) is 0 Å². The van der Waals surface area contributed by atoms with E-state index in [0.29, 0.717) is 30.1 Å². The third kappa shape index (κ3) is 5.48. The van der Waals surface area contributed by atoms with Gasteiger partial charge in [-0.25, -0.2) is 4.79 Å². The van der Waals surface area contributed by atoms with Crippen molar-refractivity contribution in [3.05, 3.63) is 84.2 Å². The smallest absolute Gasteiger partial charge is 0.323 e. The topological polar surface area (TPSA) is 122 Å². The van der Waals surface area contributed by atoms with Crippen LogP contribution in [-0.2, 0) is 16.1 Å². The summed E-state index contributed by atoms with van der Waals surface area (Å²) in [5.74, 6) is 0.505. The average Bonchev–Trinajstić information content (AvgIpc) is 3.26. The van der Waals surface area contributed by atoms with Gasteiger partial charge in [0.15, 0.2) is 0 Å². The second-order valence-corrected chi connectivity index (χ2v) is 8.94. The number of hydrogen-bond acceptors (Lipinski definition) is 6. The molecule has 2 aromatic carbocycles. The maximum absolute atomic E-state index is 12.6. The van der Waals surface area contributed by atoms with E-state index in [1.807, 2.05) is 54.6 Å². The summed E-state index contributed by atoms with van der Waals surface area (Å²) in [7, 11) is 0. The average molecular weight is 489 g/mol. The van der Waals surface area contributed by atoms with E-state index >= 15 is 0 Å². The van der Waals surface area contributed by atoms with Crippen molar-refractivity contribution >= 4 is 23.3 Å². The molecule has 3 heterocycles. The van der Waals surface area contributed by atoms with E-state index in [0.717, 1.165) is 11.1 Å². The SMILES string of the molecule is O=C(C[C@H]1C[C@@H]2c3cc(NC(=O)Nc4ccccc4)ccc3O[C@@H]2[C@H](CO)O1)NCc1ccncc1. The van der Waals surface area contributed by atoms with Gasteiger partial charge in [-0.3, -0.25) is 9.78 Å². The Morgan fingerprint density at radius 1 is 1.00 bits per heavy atom. The predicted molar refractivity (Wildman–Crippen MR) is 134 cm³/mol. The highest BCUT2D eigenvalue weighted by Crippen LogP contribution is 2.47. The van der Waals surface area contributed by atoms with Crippen molar-refractivity contribution in [1.82, 2.24) is 10.3 Å². The largest absolute Gasteiger partial charge is 0.487 e. The first-order chi connectivity index (χ1) is 17.6. The van der Waals surface area contributed by atoms with Crippen LogP contribution in [-0.4, -0.2) is 46.9 Å². The molecular weight excluding hydrogens is 460 g/mol. The van der Waals surface area contributed by atoms with Crippen LogP contribution in [0.3, 0.4) is 0 Å². The van der Waals surface area contributed by atoms with E-state index < -0.39 is 6.10 Å². The molecule has 2 aliphatic rings. The molecule has 9 nitrogen and oxygen atoms in total. The molecule has 9 heteroatoms. The number of carbonyl (C=O) groups excluding carboxylic acids is 2. The number of benzene rings is 2. The number of carbonyl (C=O) groups is 2. The molecule has 1 aromatic heterocycles. The highest BCUT2D eigenvalue weighted by Gasteiger charge is 2.46. The number of para-hydroxylation sites is 1. The van der Waals surface area contributed by atoms with Crippen molar-refractivity contribution in [3.63, 3.8) is 0 Å². The summed E-state index contributed by atoms with van der Waals surface area (Å²) in [5, 5.41) is 18.5. The number of ether oxygens (including phenoxy) is 2. The Hall–Kier alpha value is -3.95. The molecule has 0 spiro atoms. The number of fused-ring (bicyclic) bond motifs is 3. The lowest BCUT2D eigenvalue weighted by atomic mass is 9.84. The second-order valence-electron chi connectivity index (χ2n) is 8.94. The number of amides is 3. The second kappa shape index (κ2) is 10.8. The van der Waals surface area contributed by atoms with Gasteiger partial charge in [0.2, 0.25) is 5.91 Å². The van der Waals surface area contributed by atoms with E-state index in [-0.39, 0.29) is 43.1 Å². The van der Waals surface area contributed by atoms with Crippen molar-refractivity contribution in [2.45, 2.75) is 43.6 Å². The third-order valence-corrected chi connectivity index (χ3v) is 6.44. The zero-order valence-corrected chi connectivity index (χ0v) is 19.6. The molecule has 0 unspecified atom stereocenters. The van der Waals surface area contributed by atoms with Crippen LogP contribution in [0.15, 0.2) is 73.1 Å². The fourth-order valence-electron chi connectivity index (χ4n) is 4.76. The molecule has 4 N–H and O–H groups in total. The van der Waals surface area contributed by atoms with Crippen LogP contribution >= 0.6 is 0 Å². The summed E-state index contributed by atoms with van der Waals surface area (Å²) in [6, 6.07) is 18.0. The van der Waals surface area contributed by atoms with Gasteiger partial charge in [0, 0.05) is 41.8 Å². The van der Waals surface area contributed by atoms with Crippen LogP contribution in [0.5, 0.6) is 5.75 Å². The minimum Gasteiger partial charge on any atom is -0.487 e. The Morgan fingerprint density at radius 3 is 2.56 bits per heavy atom. The Balaban J connectivity index is 1.24. The van der Waals surface area contributed by atoms with Gasteiger partial charge in [0.05, 0.1) is 19.1 Å². The minimum absolute atomic E-state index is 0.0668. The zero-order chi connectivity index (χ0) is 24.9. The standard InChI is InChI=1S/C27H28N4O5/c32-16-24-26-22(13-20(35-24)14-25(33)29-15-17-8-10-28-11-9-17)21-12-19(6-7-23(21)36-26)31-27(34)30-18-4-2-1-3-5-18/h1-12,20,22,24,26,32H,13-16H2,(H,29,33)(H2,30,31,34)/t20-,22-,24+,26+/m1/s1. The zero-order valence-electron chi connectivity index (χ0n) is 19.6. The van der Waals surface area contributed by atoms with Crippen LogP contribution in [0.1, 0.15) is 29.9 Å². The number of urea groups is 1. The van der Waals surface area contributed by atoms with Crippen LogP contribution in [0, 0.1) is 0 Å². The van der Waals surface area contributed by atoms with Gasteiger partial charge < -0.3 is 30.5 Å². The molecular formula is C27H28N4O5. The lowest BCUT2D eigenvalue weighted by molar-refractivity contribution is -0.142. The molecule has 3 amide bonds. The molecule has 0 bridgehead atoms. The fourth-order valence-corrected chi connectivity index (χ4v) is 4.76. The first-order valence-electron chi connectivity index (χ1n) is 11.9. The van der Waals surface area contributed by atoms with Gasteiger partial charge in [-0.2, -0.15) is 0 Å². The fraction of sp³-hybridized carbons (Fsp3) is 0.296. The highest BCUT2D eigenvalue weighted by molar-refractivity contribution is 5.99. The van der Waals surface area contributed by atoms with Crippen molar-refractivity contribution in [2.24, 2.45) is 0 Å². The lowest BCUT2D eigenvalue weighted by Gasteiger charge is -2.37. The number of nitrogens with zero attached hydrogens (tertiary/aromatic N) is 1. The predicted octanol–water partition coefficient (Wildman–Crippen LogP) is 3.43. The molecule has 0 aliphatic carbocycles. The number of nitrogens with one attached hydrogen (secondary N) is 3. The molecule has 1 saturated heterocycles. The normalized spacial score (nSPS) is 22.0. The number of anilines is 2. The maximum Gasteiger partial charge on any atom is 0.323 e. The highest BCUT2D eigenvalue weighted by atomic mass is 16.6. The van der Waals surface area contributed by atoms with Gasteiger partial charge in [0.25, 0.3) is 0 Å². The number of aromatic nitrogens is 1. The van der Waals surface area contributed by atoms with Crippen molar-refractivity contribution in [3.8, 4) is 5.75 Å². The van der Waals surface area contributed by atoms with Gasteiger partial charge in [-0.15, -0.1) is 0 Å². The summed E-state index contributed by atoms with van der Waals surface area (Å²) >= 11 is 0. The number of pyridine rings is 1. The molecule has 2 aliphatic heterocycles. The summed E-state index contributed by atoms with van der Waals surface area (Å²) in [6.07, 6.45) is 2.84. The Bertz CT molecular complexity index is 1210. The van der Waals surface area contributed by atoms with E-state index in [2.05, 4.69) is 20.9 Å². The molecule has 1 fully saturated rings. The number of rotatable bonds is 7. The number of aliphatic hydroxyl groups is 1. The van der Waals surface area contributed by atoms with Crippen molar-refractivity contribution in [2.75, 3.05) is 17.2 Å². The molecule has 4 atom stereocenters. The Morgan fingerprint density at radius 2 is 1.78 bits per heavy atom. The Labute approximate surface area is 208 Å². The van der Waals surface area contributed by atoms with Crippen LogP contribution in [0.4, 0.5) is 16.2 Å². The minimum atomic E-state index is -0.549. The van der Waals surface area contributed by atoms with E-state index in [9.17, 15) is 14.7 Å². The maximum atomic E-state index is 12.6. The lowest BCUT2D eigenvalue weighted by Crippen LogP contribution is -2.47. The number of hydrogen-bond donors (Lipinski definition) is 4. The molecule has 0 saturated carbocycles. The molecule has 36 heavy (non-hydrogen) atoms. The molecule has 5 rings (SSSR count). The first-order valence-corrected chi connectivity index (χ1v) is 11.9. The number of aliphatic hydroxyl groups excluding tert-OH is 1. The van der Waals surface area contributed by atoms with Crippen molar-refractivity contribution in [1.29, 1.82) is 0 Å².